The molecule has 1 atom stereocenters. The van der Waals surface area contributed by atoms with E-state index in [1.165, 1.54) is 12.0 Å². The van der Waals surface area contributed by atoms with Crippen LogP contribution in [0.4, 0.5) is 5.69 Å². The van der Waals surface area contributed by atoms with Gasteiger partial charge in [0.2, 0.25) is 21.8 Å². The normalized spacial score (nSPS) is 12.2. The molecule has 1 N–H and O–H groups in total. The highest BCUT2D eigenvalue weighted by molar-refractivity contribution is 9.10. The number of rotatable bonds is 10. The molecule has 0 saturated heterocycles. The summed E-state index contributed by atoms with van der Waals surface area (Å²) in [6.45, 7) is 6.79. The van der Waals surface area contributed by atoms with Crippen LogP contribution in [0, 0.1) is 6.92 Å². The molecule has 0 radical (unpaired) electrons. The fourth-order valence-electron chi connectivity index (χ4n) is 3.36. The van der Waals surface area contributed by atoms with Crippen molar-refractivity contribution in [3.63, 3.8) is 0 Å². The van der Waals surface area contributed by atoms with Crippen LogP contribution in [0.15, 0.2) is 46.9 Å². The van der Waals surface area contributed by atoms with Crippen molar-refractivity contribution >= 4 is 43.5 Å². The van der Waals surface area contributed by atoms with Gasteiger partial charge in [0, 0.05) is 17.1 Å². The summed E-state index contributed by atoms with van der Waals surface area (Å²) in [6, 6.07) is 11.6. The van der Waals surface area contributed by atoms with E-state index < -0.39 is 28.5 Å². The third kappa shape index (κ3) is 7.46. The molecule has 0 fully saturated rings. The van der Waals surface area contributed by atoms with E-state index in [1.54, 1.807) is 25.1 Å². The van der Waals surface area contributed by atoms with E-state index in [2.05, 4.69) is 21.2 Å². The van der Waals surface area contributed by atoms with Crippen molar-refractivity contribution in [3.05, 3.63) is 58.1 Å². The first kappa shape index (κ1) is 27.7. The standard InChI is InChI=1S/C24H32BrN3O5S/c1-16(2)26-24(30)18(4)27(14-19-8-10-20(25)11-9-19)23(29)15-28(34(6,31)32)21-13-17(3)7-12-22(21)33-5/h7-13,16,18H,14-15H2,1-6H3,(H,26,30). The van der Waals surface area contributed by atoms with Gasteiger partial charge in [-0.25, -0.2) is 8.42 Å². The molecule has 2 aromatic carbocycles. The van der Waals surface area contributed by atoms with Crippen LogP contribution in [0.1, 0.15) is 31.9 Å². The van der Waals surface area contributed by atoms with Crippen LogP contribution < -0.4 is 14.4 Å². The Hall–Kier alpha value is -2.59. The summed E-state index contributed by atoms with van der Waals surface area (Å²) in [4.78, 5) is 27.7. The average molecular weight is 555 g/mol. The molecule has 2 aromatic rings. The lowest BCUT2D eigenvalue weighted by molar-refractivity contribution is -0.139. The van der Waals surface area contributed by atoms with Crippen molar-refractivity contribution in [1.29, 1.82) is 0 Å². The van der Waals surface area contributed by atoms with Crippen LogP contribution in [-0.2, 0) is 26.2 Å². The van der Waals surface area contributed by atoms with Crippen molar-refractivity contribution in [2.24, 2.45) is 0 Å². The number of aryl methyl sites for hydroxylation is 1. The molecule has 0 aliphatic heterocycles. The first-order chi connectivity index (χ1) is 15.8. The van der Waals surface area contributed by atoms with Gasteiger partial charge in [-0.2, -0.15) is 0 Å². The van der Waals surface area contributed by atoms with E-state index >= 15 is 0 Å². The molecule has 0 bridgehead atoms. The molecule has 34 heavy (non-hydrogen) atoms. The van der Waals surface area contributed by atoms with Gasteiger partial charge in [-0.05, 0) is 63.1 Å². The second-order valence-electron chi connectivity index (χ2n) is 8.43. The molecule has 1 unspecified atom stereocenters. The number of ether oxygens (including phenoxy) is 1. The molecule has 0 aliphatic carbocycles. The Morgan fingerprint density at radius 3 is 2.24 bits per heavy atom. The highest BCUT2D eigenvalue weighted by atomic mass is 79.9. The van der Waals surface area contributed by atoms with Crippen LogP contribution in [0.2, 0.25) is 0 Å². The summed E-state index contributed by atoms with van der Waals surface area (Å²) in [5, 5.41) is 2.82. The molecular formula is C24H32BrN3O5S. The molecule has 8 nitrogen and oxygen atoms in total. The number of nitrogens with one attached hydrogen (secondary N) is 1. The minimum atomic E-state index is -3.84. The predicted molar refractivity (Wildman–Crippen MR) is 137 cm³/mol. The molecule has 2 rings (SSSR count). The lowest BCUT2D eigenvalue weighted by Crippen LogP contribution is -2.52. The molecule has 0 saturated carbocycles. The van der Waals surface area contributed by atoms with Gasteiger partial charge in [-0.3, -0.25) is 13.9 Å². The Morgan fingerprint density at radius 2 is 1.71 bits per heavy atom. The van der Waals surface area contributed by atoms with Crippen molar-refractivity contribution in [3.8, 4) is 5.75 Å². The van der Waals surface area contributed by atoms with Gasteiger partial charge in [0.05, 0.1) is 19.1 Å². The maximum absolute atomic E-state index is 13.6. The Bertz CT molecular complexity index is 1120. The van der Waals surface area contributed by atoms with Crippen molar-refractivity contribution in [2.45, 2.75) is 46.3 Å². The van der Waals surface area contributed by atoms with E-state index in [0.29, 0.717) is 5.75 Å². The van der Waals surface area contributed by atoms with Crippen LogP contribution >= 0.6 is 15.9 Å². The third-order valence-electron chi connectivity index (χ3n) is 5.15. The molecule has 0 spiro atoms. The van der Waals surface area contributed by atoms with Gasteiger partial charge in [0.1, 0.15) is 18.3 Å². The number of methoxy groups -OCH3 is 1. The number of halogens is 1. The maximum Gasteiger partial charge on any atom is 0.244 e. The lowest BCUT2D eigenvalue weighted by Gasteiger charge is -2.32. The van der Waals surface area contributed by atoms with Gasteiger partial charge in [0.25, 0.3) is 0 Å². The summed E-state index contributed by atoms with van der Waals surface area (Å²) >= 11 is 3.39. The van der Waals surface area contributed by atoms with Crippen LogP contribution in [0.3, 0.4) is 0 Å². The smallest absolute Gasteiger partial charge is 0.244 e. The van der Waals surface area contributed by atoms with Gasteiger partial charge < -0.3 is 15.0 Å². The van der Waals surface area contributed by atoms with Gasteiger partial charge in [-0.15, -0.1) is 0 Å². The first-order valence-electron chi connectivity index (χ1n) is 10.8. The molecular weight excluding hydrogens is 522 g/mol. The number of nitrogens with zero attached hydrogens (tertiary/aromatic N) is 2. The zero-order valence-electron chi connectivity index (χ0n) is 20.3. The van der Waals surface area contributed by atoms with E-state index in [9.17, 15) is 18.0 Å². The lowest BCUT2D eigenvalue weighted by atomic mass is 10.1. The number of carbonyl (C=O) groups excluding carboxylic acids is 2. The molecule has 10 heteroatoms. The van der Waals surface area contributed by atoms with E-state index in [-0.39, 0.29) is 24.2 Å². The number of hydrogen-bond acceptors (Lipinski definition) is 5. The third-order valence-corrected chi connectivity index (χ3v) is 6.80. The Balaban J connectivity index is 2.45. The monoisotopic (exact) mass is 553 g/mol. The fraction of sp³-hybridized carbons (Fsp3) is 0.417. The summed E-state index contributed by atoms with van der Waals surface area (Å²) in [5.41, 5.74) is 1.88. The van der Waals surface area contributed by atoms with Crippen LogP contribution in [-0.4, -0.2) is 57.1 Å². The SMILES string of the molecule is COc1ccc(C)cc1N(CC(=O)N(Cc1ccc(Br)cc1)C(C)C(=O)NC(C)C)S(C)(=O)=O. The van der Waals surface area contributed by atoms with Crippen molar-refractivity contribution in [1.82, 2.24) is 10.2 Å². The predicted octanol–water partition coefficient (Wildman–Crippen LogP) is 3.47. The highest BCUT2D eigenvalue weighted by Crippen LogP contribution is 2.31. The van der Waals surface area contributed by atoms with Crippen LogP contribution in [0.5, 0.6) is 5.75 Å². The van der Waals surface area contributed by atoms with Gasteiger partial charge in [0.15, 0.2) is 0 Å². The van der Waals surface area contributed by atoms with E-state index in [4.69, 9.17) is 4.74 Å². The number of hydrogen-bond donors (Lipinski definition) is 1. The van der Waals surface area contributed by atoms with Gasteiger partial charge in [-0.1, -0.05) is 34.1 Å². The summed E-state index contributed by atoms with van der Waals surface area (Å²) in [7, 11) is -2.40. The molecule has 2 amide bonds. The molecule has 0 aromatic heterocycles. The van der Waals surface area contributed by atoms with Crippen molar-refractivity contribution in [2.75, 3.05) is 24.2 Å². The molecule has 0 aliphatic rings. The first-order valence-corrected chi connectivity index (χ1v) is 13.4. The Kier molecular flexibility index (Phi) is 9.52. The number of sulfonamides is 1. The van der Waals surface area contributed by atoms with Gasteiger partial charge >= 0.3 is 0 Å². The molecule has 186 valence electrons. The van der Waals surface area contributed by atoms with Crippen molar-refractivity contribution < 1.29 is 22.7 Å². The summed E-state index contributed by atoms with van der Waals surface area (Å²) < 4.78 is 32.7. The molecule has 0 heterocycles. The maximum atomic E-state index is 13.6. The fourth-order valence-corrected chi connectivity index (χ4v) is 4.47. The number of amides is 2. The summed E-state index contributed by atoms with van der Waals surface area (Å²) in [5.74, 6) is -0.503. The Morgan fingerprint density at radius 1 is 1.09 bits per heavy atom. The minimum Gasteiger partial charge on any atom is -0.495 e. The zero-order valence-corrected chi connectivity index (χ0v) is 22.7. The van der Waals surface area contributed by atoms with Crippen LogP contribution in [0.25, 0.3) is 0 Å². The Labute approximate surface area is 210 Å². The number of anilines is 1. The second kappa shape index (κ2) is 11.7. The summed E-state index contributed by atoms with van der Waals surface area (Å²) in [6.07, 6.45) is 1.04. The number of carbonyl (C=O) groups is 2. The van der Waals surface area contributed by atoms with E-state index in [0.717, 1.165) is 26.2 Å². The number of benzene rings is 2. The highest BCUT2D eigenvalue weighted by Gasteiger charge is 2.31. The topological polar surface area (TPSA) is 96.0 Å². The zero-order chi connectivity index (χ0) is 25.6. The largest absolute Gasteiger partial charge is 0.495 e. The minimum absolute atomic E-state index is 0.108. The van der Waals surface area contributed by atoms with E-state index in [1.807, 2.05) is 45.0 Å². The quantitative estimate of drug-likeness (QED) is 0.486. The second-order valence-corrected chi connectivity index (χ2v) is 11.3. The average Bonchev–Trinajstić information content (AvgIpc) is 2.75.